The van der Waals surface area contributed by atoms with E-state index in [0.29, 0.717) is 18.1 Å². The lowest BCUT2D eigenvalue weighted by Crippen LogP contribution is -1.99. The van der Waals surface area contributed by atoms with Crippen LogP contribution in [0.25, 0.3) is 11.5 Å². The lowest BCUT2D eigenvalue weighted by Gasteiger charge is -2.01. The molecule has 0 aliphatic heterocycles. The molecule has 0 saturated carbocycles. The summed E-state index contributed by atoms with van der Waals surface area (Å²) in [5.74, 6) is 0.691. The van der Waals surface area contributed by atoms with E-state index in [9.17, 15) is 5.11 Å². The zero-order valence-electron chi connectivity index (χ0n) is 10.7. The Morgan fingerprint density at radius 2 is 2.11 bits per heavy atom. The number of aliphatic hydroxyl groups is 1. The fourth-order valence-electron chi connectivity index (χ4n) is 1.65. The minimum Gasteiger partial charge on any atom is -0.385 e. The fraction of sp³-hybridized carbons (Fsp3) is 0.500. The van der Waals surface area contributed by atoms with Gasteiger partial charge in [0, 0.05) is 0 Å². The number of hydrogen-bond acceptors (Lipinski definition) is 6. The van der Waals surface area contributed by atoms with E-state index in [1.807, 2.05) is 26.8 Å². The number of aliphatic hydroxyl groups excluding tert-OH is 1. The Balaban J connectivity index is 2.32. The largest absolute Gasteiger partial charge is 0.385 e. The van der Waals surface area contributed by atoms with Crippen molar-refractivity contribution >= 4 is 0 Å². The van der Waals surface area contributed by atoms with Crippen LogP contribution in [0.5, 0.6) is 0 Å². The molecule has 96 valence electrons. The second kappa shape index (κ2) is 5.22. The van der Waals surface area contributed by atoms with Gasteiger partial charge in [-0.1, -0.05) is 18.5 Å². The molecule has 0 bridgehead atoms. The van der Waals surface area contributed by atoms with Crippen molar-refractivity contribution in [1.29, 1.82) is 0 Å². The lowest BCUT2D eigenvalue weighted by atomic mass is 10.2. The first kappa shape index (κ1) is 12.6. The van der Waals surface area contributed by atoms with Crippen LogP contribution in [0.4, 0.5) is 0 Å². The Hall–Kier alpha value is -1.82. The summed E-state index contributed by atoms with van der Waals surface area (Å²) >= 11 is 0. The van der Waals surface area contributed by atoms with Gasteiger partial charge >= 0.3 is 0 Å². The summed E-state index contributed by atoms with van der Waals surface area (Å²) in [6.45, 7) is 5.66. The van der Waals surface area contributed by atoms with Crippen molar-refractivity contribution in [3.8, 4) is 11.5 Å². The summed E-state index contributed by atoms with van der Waals surface area (Å²) in [5.41, 5.74) is 2.26. The minimum atomic E-state index is -0.677. The highest BCUT2D eigenvalue weighted by atomic mass is 16.5. The summed E-state index contributed by atoms with van der Waals surface area (Å²) in [4.78, 5) is 4.21. The maximum atomic E-state index is 9.79. The van der Waals surface area contributed by atoms with Gasteiger partial charge in [-0.25, -0.2) is 0 Å². The van der Waals surface area contributed by atoms with Crippen LogP contribution < -0.4 is 0 Å². The Morgan fingerprint density at radius 1 is 1.33 bits per heavy atom. The first-order valence-electron chi connectivity index (χ1n) is 5.94. The van der Waals surface area contributed by atoms with E-state index in [1.54, 1.807) is 0 Å². The zero-order chi connectivity index (χ0) is 13.1. The summed E-state index contributed by atoms with van der Waals surface area (Å²) in [5, 5.41) is 21.5. The molecule has 0 aliphatic rings. The van der Waals surface area contributed by atoms with Crippen molar-refractivity contribution in [2.75, 3.05) is 0 Å². The Bertz CT molecular complexity index is 539. The lowest BCUT2D eigenvalue weighted by molar-refractivity contribution is 0.153. The molecule has 6 heteroatoms. The van der Waals surface area contributed by atoms with Crippen LogP contribution in [0.2, 0.25) is 0 Å². The maximum Gasteiger partial charge on any atom is 0.259 e. The molecule has 18 heavy (non-hydrogen) atoms. The first-order chi connectivity index (χ1) is 8.61. The van der Waals surface area contributed by atoms with Crippen LogP contribution in [0, 0.1) is 13.8 Å². The molecule has 0 fully saturated rings. The molecule has 0 radical (unpaired) electrons. The molecule has 1 unspecified atom stereocenters. The Morgan fingerprint density at radius 3 is 2.83 bits per heavy atom. The minimum absolute atomic E-state index is 0.320. The number of hydrogen-bond donors (Lipinski definition) is 1. The quantitative estimate of drug-likeness (QED) is 0.890. The highest BCUT2D eigenvalue weighted by Gasteiger charge is 2.17. The van der Waals surface area contributed by atoms with Crippen molar-refractivity contribution in [3.63, 3.8) is 0 Å². The molecule has 0 saturated heterocycles. The van der Waals surface area contributed by atoms with Gasteiger partial charge in [0.25, 0.3) is 5.89 Å². The van der Waals surface area contributed by atoms with Gasteiger partial charge in [0.05, 0.1) is 17.0 Å². The van der Waals surface area contributed by atoms with Crippen molar-refractivity contribution in [3.05, 3.63) is 23.3 Å². The van der Waals surface area contributed by atoms with Crippen LogP contribution in [-0.2, 0) is 0 Å². The van der Waals surface area contributed by atoms with Gasteiger partial charge in [-0.15, -0.1) is 0 Å². The number of aromatic nitrogens is 4. The first-order valence-corrected chi connectivity index (χ1v) is 5.94. The maximum absolute atomic E-state index is 9.79. The fourth-order valence-corrected chi connectivity index (χ4v) is 1.65. The van der Waals surface area contributed by atoms with E-state index in [4.69, 9.17) is 4.52 Å². The smallest absolute Gasteiger partial charge is 0.259 e. The van der Waals surface area contributed by atoms with Gasteiger partial charge in [0.2, 0.25) is 5.82 Å². The molecule has 2 aromatic heterocycles. The van der Waals surface area contributed by atoms with Gasteiger partial charge < -0.3 is 9.63 Å². The highest BCUT2D eigenvalue weighted by molar-refractivity contribution is 5.55. The van der Waals surface area contributed by atoms with E-state index >= 15 is 0 Å². The number of nitrogens with zero attached hydrogens (tertiary/aromatic N) is 4. The van der Waals surface area contributed by atoms with Gasteiger partial charge in [0.1, 0.15) is 6.10 Å². The predicted molar refractivity (Wildman–Crippen MR) is 64.7 cm³/mol. The molecule has 2 aromatic rings. The van der Waals surface area contributed by atoms with E-state index in [0.717, 1.165) is 23.4 Å². The Kier molecular flexibility index (Phi) is 3.66. The third-order valence-electron chi connectivity index (χ3n) is 2.63. The second-order valence-corrected chi connectivity index (χ2v) is 4.25. The average molecular weight is 248 g/mol. The third kappa shape index (κ3) is 2.53. The molecule has 1 atom stereocenters. The topological polar surface area (TPSA) is 84.9 Å². The van der Waals surface area contributed by atoms with Gasteiger partial charge in [-0.2, -0.15) is 15.2 Å². The standard InChI is InChI=1S/C12H16N4O2/c1-4-5-10(17)11-13-12(18-16-11)9-6-7(2)14-15-8(9)3/h6,10,17H,4-5H2,1-3H3. The van der Waals surface area contributed by atoms with Crippen molar-refractivity contribution in [2.45, 2.75) is 39.7 Å². The van der Waals surface area contributed by atoms with Crippen molar-refractivity contribution in [1.82, 2.24) is 20.3 Å². The number of aryl methyl sites for hydroxylation is 2. The summed E-state index contributed by atoms with van der Waals surface area (Å²) < 4.78 is 5.17. The SMILES string of the molecule is CCCC(O)c1noc(-c2cc(C)nnc2C)n1. The summed E-state index contributed by atoms with van der Waals surface area (Å²) in [6.07, 6.45) is 0.801. The molecule has 0 amide bonds. The normalized spacial score (nSPS) is 12.7. The van der Waals surface area contributed by atoms with Crippen LogP contribution >= 0.6 is 0 Å². The van der Waals surface area contributed by atoms with Crippen LogP contribution in [-0.4, -0.2) is 25.4 Å². The molecule has 0 aliphatic carbocycles. The predicted octanol–water partition coefficient (Wildman–Crippen LogP) is 1.98. The van der Waals surface area contributed by atoms with Gasteiger partial charge in [0.15, 0.2) is 0 Å². The van der Waals surface area contributed by atoms with Crippen LogP contribution in [0.3, 0.4) is 0 Å². The van der Waals surface area contributed by atoms with E-state index in [2.05, 4.69) is 20.3 Å². The zero-order valence-corrected chi connectivity index (χ0v) is 10.7. The van der Waals surface area contributed by atoms with Crippen LogP contribution in [0.15, 0.2) is 10.6 Å². The average Bonchev–Trinajstić information content (AvgIpc) is 2.82. The van der Waals surface area contributed by atoms with Gasteiger partial charge in [-0.3, -0.25) is 0 Å². The molecule has 6 nitrogen and oxygen atoms in total. The molecule has 2 rings (SSSR count). The monoisotopic (exact) mass is 248 g/mol. The molecule has 1 N–H and O–H groups in total. The van der Waals surface area contributed by atoms with Crippen molar-refractivity contribution in [2.24, 2.45) is 0 Å². The van der Waals surface area contributed by atoms with E-state index in [-0.39, 0.29) is 0 Å². The van der Waals surface area contributed by atoms with Gasteiger partial charge in [-0.05, 0) is 26.3 Å². The molecule has 0 spiro atoms. The molecular weight excluding hydrogens is 232 g/mol. The summed E-state index contributed by atoms with van der Waals surface area (Å²) in [7, 11) is 0. The molecule has 0 aromatic carbocycles. The van der Waals surface area contributed by atoms with E-state index < -0.39 is 6.10 Å². The number of rotatable bonds is 4. The molecule has 2 heterocycles. The highest BCUT2D eigenvalue weighted by Crippen LogP contribution is 2.23. The summed E-state index contributed by atoms with van der Waals surface area (Å²) in [6, 6.07) is 1.84. The molecular formula is C12H16N4O2. The van der Waals surface area contributed by atoms with Crippen molar-refractivity contribution < 1.29 is 9.63 Å². The Labute approximate surface area is 105 Å². The third-order valence-corrected chi connectivity index (χ3v) is 2.63. The van der Waals surface area contributed by atoms with Crippen LogP contribution in [0.1, 0.15) is 43.1 Å². The van der Waals surface area contributed by atoms with E-state index in [1.165, 1.54) is 0 Å². The second-order valence-electron chi connectivity index (χ2n) is 4.25.